The summed E-state index contributed by atoms with van der Waals surface area (Å²) in [6.45, 7) is 5.04. The molecule has 0 atom stereocenters. The van der Waals surface area contributed by atoms with Crippen LogP contribution in [-0.2, 0) is 10.4 Å². The second-order valence-corrected chi connectivity index (χ2v) is 8.90. The maximum absolute atomic E-state index is 14.3. The summed E-state index contributed by atoms with van der Waals surface area (Å²) >= 11 is 0. The zero-order valence-electron chi connectivity index (χ0n) is 20.9. The van der Waals surface area contributed by atoms with Crippen LogP contribution in [0.4, 0.5) is 14.9 Å². The molecule has 9 nitrogen and oxygen atoms in total. The molecular formula is C27H27FN6O3. The molecule has 0 unspecified atom stereocenters. The first-order chi connectivity index (χ1) is 17.6. The maximum atomic E-state index is 14.3. The van der Waals surface area contributed by atoms with Gasteiger partial charge in [0.25, 0.3) is 5.91 Å². The van der Waals surface area contributed by atoms with Crippen LogP contribution in [-0.4, -0.2) is 41.6 Å². The molecule has 0 aliphatic carbocycles. The Bertz CT molecular complexity index is 1410. The van der Waals surface area contributed by atoms with E-state index in [1.165, 1.54) is 33.2 Å². The smallest absolute Gasteiger partial charge is 0.412 e. The second kappa shape index (κ2) is 10.6. The third-order valence-corrected chi connectivity index (χ3v) is 5.70. The molecule has 0 radical (unpaired) electrons. The highest BCUT2D eigenvalue weighted by Crippen LogP contribution is 2.29. The molecule has 1 aliphatic rings. The predicted molar refractivity (Wildman–Crippen MR) is 140 cm³/mol. The minimum absolute atomic E-state index is 0.188. The molecule has 4 rings (SSSR count). The molecule has 2 aromatic heterocycles. The SMILES string of the molecule is COC(=O)NC1=NCNC(c2cncc(-c3cc(NC(=O)c4ccnc(C(C)(C)F)c4)ccc3C)c2)=C1. The largest absolute Gasteiger partial charge is 0.453 e. The number of alkyl carbamates (subject to hydrolysis) is 1. The van der Waals surface area contributed by atoms with Gasteiger partial charge in [-0.3, -0.25) is 20.1 Å². The summed E-state index contributed by atoms with van der Waals surface area (Å²) in [6.07, 6.45) is 5.97. The van der Waals surface area contributed by atoms with Crippen molar-refractivity contribution >= 4 is 29.2 Å². The van der Waals surface area contributed by atoms with Gasteiger partial charge in [-0.25, -0.2) is 14.2 Å². The Morgan fingerprint density at radius 3 is 2.62 bits per heavy atom. The number of hydrogen-bond donors (Lipinski definition) is 3. The number of amidine groups is 1. The van der Waals surface area contributed by atoms with E-state index in [1.807, 2.05) is 31.2 Å². The number of carbonyl (C=O) groups excluding carboxylic acids is 2. The van der Waals surface area contributed by atoms with Crippen LogP contribution in [0.3, 0.4) is 0 Å². The standard InChI is InChI=1S/C27H27FN6O3/c1-16-5-6-20(33-25(35)17-7-8-30-23(10-17)27(2,3)28)11-21(16)18-9-19(14-29-13-18)22-12-24(32-15-31-22)34-26(36)37-4/h5-14,31H,15H2,1-4H3,(H,33,35)(H,32,34,36). The van der Waals surface area contributed by atoms with Crippen molar-refractivity contribution in [2.75, 3.05) is 19.1 Å². The van der Waals surface area contributed by atoms with Crippen LogP contribution in [0, 0.1) is 6.92 Å². The molecule has 2 amide bonds. The Labute approximate surface area is 213 Å². The van der Waals surface area contributed by atoms with Crippen molar-refractivity contribution in [1.29, 1.82) is 0 Å². The lowest BCUT2D eigenvalue weighted by atomic mass is 9.99. The van der Waals surface area contributed by atoms with E-state index in [2.05, 4.69) is 35.6 Å². The number of nitrogens with one attached hydrogen (secondary N) is 3. The van der Waals surface area contributed by atoms with Gasteiger partial charge >= 0.3 is 6.09 Å². The lowest BCUT2D eigenvalue weighted by Crippen LogP contribution is -2.33. The van der Waals surface area contributed by atoms with Gasteiger partial charge < -0.3 is 15.4 Å². The highest BCUT2D eigenvalue weighted by Gasteiger charge is 2.22. The number of amides is 2. The fourth-order valence-electron chi connectivity index (χ4n) is 3.71. The number of methoxy groups -OCH3 is 1. The van der Waals surface area contributed by atoms with Crippen LogP contribution in [0.2, 0.25) is 0 Å². The van der Waals surface area contributed by atoms with Crippen LogP contribution in [0.5, 0.6) is 0 Å². The number of halogens is 1. The second-order valence-electron chi connectivity index (χ2n) is 8.90. The van der Waals surface area contributed by atoms with E-state index >= 15 is 0 Å². The number of aryl methyl sites for hydroxylation is 1. The van der Waals surface area contributed by atoms with Gasteiger partial charge in [-0.15, -0.1) is 0 Å². The first-order valence-corrected chi connectivity index (χ1v) is 11.5. The van der Waals surface area contributed by atoms with E-state index in [0.717, 1.165) is 28.0 Å². The van der Waals surface area contributed by atoms with E-state index in [9.17, 15) is 14.0 Å². The van der Waals surface area contributed by atoms with Gasteiger partial charge in [-0.1, -0.05) is 6.07 Å². The van der Waals surface area contributed by atoms with Gasteiger partial charge in [0.15, 0.2) is 0 Å². The summed E-state index contributed by atoms with van der Waals surface area (Å²) < 4.78 is 18.9. The summed E-state index contributed by atoms with van der Waals surface area (Å²) in [7, 11) is 1.28. The van der Waals surface area contributed by atoms with Crippen molar-refractivity contribution in [1.82, 2.24) is 20.6 Å². The van der Waals surface area contributed by atoms with Crippen LogP contribution < -0.4 is 16.0 Å². The monoisotopic (exact) mass is 502 g/mol. The van der Waals surface area contributed by atoms with E-state index < -0.39 is 11.8 Å². The normalized spacial score (nSPS) is 13.1. The van der Waals surface area contributed by atoms with Gasteiger partial charge in [-0.2, -0.15) is 0 Å². The molecule has 0 bridgehead atoms. The predicted octanol–water partition coefficient (Wildman–Crippen LogP) is 4.57. The Hall–Kier alpha value is -4.60. The Morgan fingerprint density at radius 1 is 1.08 bits per heavy atom. The summed E-state index contributed by atoms with van der Waals surface area (Å²) in [5.41, 5.74) is 3.67. The molecule has 3 N–H and O–H groups in total. The number of ether oxygens (including phenoxy) is 1. The molecule has 37 heavy (non-hydrogen) atoms. The summed E-state index contributed by atoms with van der Waals surface area (Å²) in [5, 5.41) is 8.62. The molecule has 3 heterocycles. The van der Waals surface area contributed by atoms with Crippen molar-refractivity contribution < 1.29 is 18.7 Å². The number of benzene rings is 1. The maximum Gasteiger partial charge on any atom is 0.412 e. The Balaban J connectivity index is 1.58. The number of aromatic nitrogens is 2. The number of aliphatic imine (C=N–C) groups is 1. The summed E-state index contributed by atoms with van der Waals surface area (Å²) in [6, 6.07) is 10.5. The zero-order chi connectivity index (χ0) is 26.6. The van der Waals surface area contributed by atoms with E-state index in [4.69, 9.17) is 0 Å². The molecule has 190 valence electrons. The number of anilines is 1. The first kappa shape index (κ1) is 25.5. The Morgan fingerprint density at radius 2 is 1.86 bits per heavy atom. The molecule has 10 heteroatoms. The fraction of sp³-hybridized carbons (Fsp3) is 0.222. The number of hydrogen-bond acceptors (Lipinski definition) is 7. The molecule has 3 aromatic rings. The summed E-state index contributed by atoms with van der Waals surface area (Å²) in [5.74, 6) is 0.0124. The number of pyridine rings is 2. The number of rotatable bonds is 5. The van der Waals surface area contributed by atoms with Crippen molar-refractivity contribution in [2.45, 2.75) is 26.4 Å². The molecule has 0 spiro atoms. The quantitative estimate of drug-likeness (QED) is 0.471. The first-order valence-electron chi connectivity index (χ1n) is 11.5. The van der Waals surface area contributed by atoms with Crippen molar-refractivity contribution in [2.24, 2.45) is 4.99 Å². The molecule has 0 saturated heterocycles. The number of carbonyl (C=O) groups is 2. The van der Waals surface area contributed by atoms with Gasteiger partial charge in [-0.05, 0) is 62.2 Å². The Kier molecular flexibility index (Phi) is 7.28. The summed E-state index contributed by atoms with van der Waals surface area (Å²) in [4.78, 5) is 37.0. The number of nitrogens with zero attached hydrogens (tertiary/aromatic N) is 3. The van der Waals surface area contributed by atoms with Crippen LogP contribution in [0.15, 0.2) is 66.1 Å². The van der Waals surface area contributed by atoms with E-state index in [0.29, 0.717) is 17.1 Å². The highest BCUT2D eigenvalue weighted by molar-refractivity contribution is 6.07. The van der Waals surface area contributed by atoms with Crippen LogP contribution >= 0.6 is 0 Å². The average Bonchev–Trinajstić information content (AvgIpc) is 2.89. The van der Waals surface area contributed by atoms with Crippen molar-refractivity contribution in [3.8, 4) is 11.1 Å². The average molecular weight is 503 g/mol. The third kappa shape index (κ3) is 6.16. The van der Waals surface area contributed by atoms with Gasteiger partial charge in [0.05, 0.1) is 12.8 Å². The number of alkyl halides is 1. The molecule has 1 aliphatic heterocycles. The van der Waals surface area contributed by atoms with Crippen LogP contribution in [0.1, 0.15) is 41.0 Å². The lowest BCUT2D eigenvalue weighted by molar-refractivity contribution is 0.102. The van der Waals surface area contributed by atoms with Gasteiger partial charge in [0.1, 0.15) is 18.2 Å². The minimum Gasteiger partial charge on any atom is -0.453 e. The van der Waals surface area contributed by atoms with Gasteiger partial charge in [0.2, 0.25) is 0 Å². The van der Waals surface area contributed by atoms with E-state index in [-0.39, 0.29) is 18.3 Å². The molecule has 0 fully saturated rings. The topological polar surface area (TPSA) is 118 Å². The van der Waals surface area contributed by atoms with Crippen molar-refractivity contribution in [3.63, 3.8) is 0 Å². The third-order valence-electron chi connectivity index (χ3n) is 5.70. The molecule has 1 aromatic carbocycles. The highest BCUT2D eigenvalue weighted by atomic mass is 19.1. The van der Waals surface area contributed by atoms with Crippen LogP contribution in [0.25, 0.3) is 16.8 Å². The van der Waals surface area contributed by atoms with Gasteiger partial charge in [0, 0.05) is 52.7 Å². The zero-order valence-corrected chi connectivity index (χ0v) is 20.9. The molecule has 0 saturated carbocycles. The minimum atomic E-state index is -1.66. The van der Waals surface area contributed by atoms with Crippen molar-refractivity contribution in [3.05, 3.63) is 83.4 Å². The van der Waals surface area contributed by atoms with E-state index in [1.54, 1.807) is 24.5 Å². The lowest BCUT2D eigenvalue weighted by Gasteiger charge is -2.17. The molecular weight excluding hydrogens is 475 g/mol. The fourth-order valence-corrected chi connectivity index (χ4v) is 3.71.